The molecule has 0 spiro atoms. The minimum atomic E-state index is 0.0158. The van der Waals surface area contributed by atoms with Gasteiger partial charge in [-0.05, 0) is 47.0 Å². The summed E-state index contributed by atoms with van der Waals surface area (Å²) in [6, 6.07) is 7.56. The SMILES string of the molecule is CNc1ncc(-c2nc3cccc(Br)c3o2)c2cc(NC(=O)C3CC3)ncc12. The van der Waals surface area contributed by atoms with Crippen LogP contribution in [0.5, 0.6) is 0 Å². The number of carbonyl (C=O) groups excluding carboxylic acids is 1. The van der Waals surface area contributed by atoms with E-state index in [2.05, 4.69) is 41.5 Å². The van der Waals surface area contributed by atoms with Gasteiger partial charge >= 0.3 is 0 Å². The zero-order chi connectivity index (χ0) is 19.3. The van der Waals surface area contributed by atoms with Crippen LogP contribution >= 0.6 is 15.9 Å². The number of para-hydroxylation sites is 1. The summed E-state index contributed by atoms with van der Waals surface area (Å²) in [5.74, 6) is 1.80. The van der Waals surface area contributed by atoms with Gasteiger partial charge < -0.3 is 15.1 Å². The van der Waals surface area contributed by atoms with Crippen LogP contribution in [0.15, 0.2) is 45.5 Å². The third-order valence-electron chi connectivity index (χ3n) is 4.81. The summed E-state index contributed by atoms with van der Waals surface area (Å²) >= 11 is 3.50. The Hall–Kier alpha value is -3.00. The Balaban J connectivity index is 1.67. The molecule has 140 valence electrons. The van der Waals surface area contributed by atoms with E-state index in [0.29, 0.717) is 23.1 Å². The molecule has 1 aliphatic carbocycles. The lowest BCUT2D eigenvalue weighted by molar-refractivity contribution is -0.117. The standard InChI is InChI=1S/C20H16BrN5O2/c1-22-18-12-8-23-16(26-19(27)10-5-6-10)7-11(12)13(9-24-18)20-25-15-4-2-3-14(21)17(15)28-20/h2-4,7-10H,5-6H2,1H3,(H,22,24)(H,23,26,27). The quantitative estimate of drug-likeness (QED) is 0.484. The first kappa shape index (κ1) is 17.1. The number of fused-ring (bicyclic) bond motifs is 2. The number of anilines is 2. The van der Waals surface area contributed by atoms with E-state index in [1.807, 2.05) is 24.3 Å². The lowest BCUT2D eigenvalue weighted by Crippen LogP contribution is -2.14. The molecule has 0 aliphatic heterocycles. The van der Waals surface area contributed by atoms with Crippen LogP contribution in [0.25, 0.3) is 33.3 Å². The van der Waals surface area contributed by atoms with Crippen molar-refractivity contribution in [2.24, 2.45) is 5.92 Å². The topological polar surface area (TPSA) is 92.9 Å². The summed E-state index contributed by atoms with van der Waals surface area (Å²) in [4.78, 5) is 25.6. The maximum absolute atomic E-state index is 12.1. The lowest BCUT2D eigenvalue weighted by Gasteiger charge is -2.10. The Bertz CT molecular complexity index is 1230. The molecule has 1 fully saturated rings. The molecule has 0 bridgehead atoms. The normalized spacial score (nSPS) is 13.8. The zero-order valence-electron chi connectivity index (χ0n) is 15.0. The van der Waals surface area contributed by atoms with Crippen molar-refractivity contribution >= 4 is 55.3 Å². The van der Waals surface area contributed by atoms with E-state index >= 15 is 0 Å². The molecule has 3 heterocycles. The molecule has 2 N–H and O–H groups in total. The van der Waals surface area contributed by atoms with Gasteiger partial charge in [0, 0.05) is 36.1 Å². The number of pyridine rings is 2. The summed E-state index contributed by atoms with van der Waals surface area (Å²) in [7, 11) is 1.81. The number of oxazole rings is 1. The molecular formula is C20H16BrN5O2. The van der Waals surface area contributed by atoms with E-state index in [4.69, 9.17) is 4.42 Å². The second-order valence-electron chi connectivity index (χ2n) is 6.76. The highest BCUT2D eigenvalue weighted by Crippen LogP contribution is 2.36. The predicted molar refractivity (Wildman–Crippen MR) is 111 cm³/mol. The van der Waals surface area contributed by atoms with Gasteiger partial charge in [0.1, 0.15) is 17.2 Å². The van der Waals surface area contributed by atoms with Crippen LogP contribution in [-0.2, 0) is 4.79 Å². The molecule has 3 aromatic heterocycles. The van der Waals surface area contributed by atoms with Gasteiger partial charge in [-0.2, -0.15) is 0 Å². The van der Waals surface area contributed by atoms with Gasteiger partial charge in [-0.15, -0.1) is 0 Å². The first-order valence-electron chi connectivity index (χ1n) is 8.97. The minimum absolute atomic E-state index is 0.0158. The van der Waals surface area contributed by atoms with Gasteiger partial charge in [-0.25, -0.2) is 15.0 Å². The summed E-state index contributed by atoms with van der Waals surface area (Å²) in [6.07, 6.45) is 5.31. The van der Waals surface area contributed by atoms with Crippen molar-refractivity contribution < 1.29 is 9.21 Å². The number of rotatable bonds is 4. The molecule has 5 rings (SSSR count). The van der Waals surface area contributed by atoms with Crippen LogP contribution in [0.2, 0.25) is 0 Å². The second kappa shape index (κ2) is 6.56. The number of benzene rings is 1. The molecule has 1 amide bonds. The van der Waals surface area contributed by atoms with Gasteiger partial charge in [0.05, 0.1) is 10.0 Å². The predicted octanol–water partition coefficient (Wildman–Crippen LogP) is 4.59. The number of halogens is 1. The van der Waals surface area contributed by atoms with Crippen LogP contribution in [0.4, 0.5) is 11.6 Å². The molecule has 0 saturated heterocycles. The highest BCUT2D eigenvalue weighted by molar-refractivity contribution is 9.10. The van der Waals surface area contributed by atoms with E-state index in [1.54, 1.807) is 19.4 Å². The van der Waals surface area contributed by atoms with Crippen molar-refractivity contribution in [1.82, 2.24) is 15.0 Å². The maximum Gasteiger partial charge on any atom is 0.229 e. The summed E-state index contributed by atoms with van der Waals surface area (Å²) in [5.41, 5.74) is 2.17. The van der Waals surface area contributed by atoms with Crippen LogP contribution in [0, 0.1) is 5.92 Å². The molecule has 0 atom stereocenters. The number of nitrogens with zero attached hydrogens (tertiary/aromatic N) is 3. The van der Waals surface area contributed by atoms with Gasteiger partial charge in [0.15, 0.2) is 5.58 Å². The molecule has 4 aromatic rings. The van der Waals surface area contributed by atoms with Crippen LogP contribution in [0.3, 0.4) is 0 Å². The van der Waals surface area contributed by atoms with E-state index in [0.717, 1.165) is 39.2 Å². The Kier molecular flexibility index (Phi) is 4.01. The van der Waals surface area contributed by atoms with Gasteiger partial charge in [-0.1, -0.05) is 6.07 Å². The smallest absolute Gasteiger partial charge is 0.229 e. The Morgan fingerprint density at radius 2 is 2.07 bits per heavy atom. The number of amides is 1. The Morgan fingerprint density at radius 3 is 2.82 bits per heavy atom. The molecule has 1 aliphatic rings. The summed E-state index contributed by atoms with van der Waals surface area (Å²) in [5, 5.41) is 7.65. The van der Waals surface area contributed by atoms with Crippen molar-refractivity contribution in [3.8, 4) is 11.5 Å². The monoisotopic (exact) mass is 437 g/mol. The lowest BCUT2D eigenvalue weighted by atomic mass is 10.1. The molecule has 7 nitrogen and oxygen atoms in total. The number of nitrogens with one attached hydrogen (secondary N) is 2. The fourth-order valence-corrected chi connectivity index (χ4v) is 3.61. The number of aromatic nitrogens is 3. The average molecular weight is 438 g/mol. The van der Waals surface area contributed by atoms with Crippen LogP contribution in [0.1, 0.15) is 12.8 Å². The average Bonchev–Trinajstić information content (AvgIpc) is 3.46. The zero-order valence-corrected chi connectivity index (χ0v) is 16.6. The summed E-state index contributed by atoms with van der Waals surface area (Å²) in [6.45, 7) is 0. The fraction of sp³-hybridized carbons (Fsp3) is 0.200. The van der Waals surface area contributed by atoms with Gasteiger partial charge in [-0.3, -0.25) is 4.79 Å². The van der Waals surface area contributed by atoms with E-state index in [1.165, 1.54) is 0 Å². The Labute approximate surface area is 168 Å². The van der Waals surface area contributed by atoms with Crippen molar-refractivity contribution in [3.63, 3.8) is 0 Å². The number of carbonyl (C=O) groups is 1. The maximum atomic E-state index is 12.1. The molecule has 8 heteroatoms. The molecule has 0 radical (unpaired) electrons. The largest absolute Gasteiger partial charge is 0.435 e. The fourth-order valence-electron chi connectivity index (χ4n) is 3.18. The van der Waals surface area contributed by atoms with E-state index in [9.17, 15) is 4.79 Å². The second-order valence-corrected chi connectivity index (χ2v) is 7.61. The van der Waals surface area contributed by atoms with Crippen LogP contribution in [-0.4, -0.2) is 27.9 Å². The molecule has 1 aromatic carbocycles. The van der Waals surface area contributed by atoms with E-state index in [-0.39, 0.29) is 11.8 Å². The molecule has 1 saturated carbocycles. The van der Waals surface area contributed by atoms with E-state index < -0.39 is 0 Å². The first-order valence-corrected chi connectivity index (χ1v) is 9.76. The van der Waals surface area contributed by atoms with Gasteiger partial charge in [0.25, 0.3) is 0 Å². The molecular weight excluding hydrogens is 422 g/mol. The molecule has 28 heavy (non-hydrogen) atoms. The van der Waals surface area contributed by atoms with Crippen molar-refractivity contribution in [3.05, 3.63) is 41.1 Å². The first-order chi connectivity index (χ1) is 13.6. The number of hydrogen-bond donors (Lipinski definition) is 2. The Morgan fingerprint density at radius 1 is 1.21 bits per heavy atom. The third-order valence-corrected chi connectivity index (χ3v) is 5.43. The van der Waals surface area contributed by atoms with Crippen molar-refractivity contribution in [2.75, 3.05) is 17.7 Å². The van der Waals surface area contributed by atoms with Crippen LogP contribution < -0.4 is 10.6 Å². The number of hydrogen-bond acceptors (Lipinski definition) is 6. The van der Waals surface area contributed by atoms with Crippen molar-refractivity contribution in [2.45, 2.75) is 12.8 Å². The third kappa shape index (κ3) is 2.90. The highest BCUT2D eigenvalue weighted by Gasteiger charge is 2.30. The minimum Gasteiger partial charge on any atom is -0.435 e. The van der Waals surface area contributed by atoms with Crippen molar-refractivity contribution in [1.29, 1.82) is 0 Å². The van der Waals surface area contributed by atoms with Gasteiger partial charge in [0.2, 0.25) is 11.8 Å². The summed E-state index contributed by atoms with van der Waals surface area (Å²) < 4.78 is 6.85. The highest BCUT2D eigenvalue weighted by atomic mass is 79.9. The molecule has 0 unspecified atom stereocenters.